The monoisotopic (exact) mass is 173 g/mol. The van der Waals surface area contributed by atoms with Crippen molar-refractivity contribution in [3.63, 3.8) is 0 Å². The van der Waals surface area contributed by atoms with Gasteiger partial charge >= 0.3 is 0 Å². The van der Waals surface area contributed by atoms with Crippen LogP contribution < -0.4 is 4.90 Å². The zero-order valence-corrected chi connectivity index (χ0v) is 7.59. The van der Waals surface area contributed by atoms with Gasteiger partial charge in [0.05, 0.1) is 12.2 Å². The highest BCUT2D eigenvalue weighted by atomic mass is 15.2. The van der Waals surface area contributed by atoms with E-state index in [-0.39, 0.29) is 0 Å². The highest BCUT2D eigenvalue weighted by Gasteiger charge is 2.28. The first-order chi connectivity index (χ1) is 6.43. The molecule has 1 aromatic rings. The van der Waals surface area contributed by atoms with Crippen LogP contribution in [-0.4, -0.2) is 12.4 Å². The van der Waals surface area contributed by atoms with E-state index in [9.17, 15) is 0 Å². The summed E-state index contributed by atoms with van der Waals surface area (Å²) in [5.41, 5.74) is 2.60. The Bertz CT molecular complexity index is 368. The molecule has 1 unspecified atom stereocenters. The Morgan fingerprint density at radius 1 is 1.23 bits per heavy atom. The van der Waals surface area contributed by atoms with Gasteiger partial charge in [-0.15, -0.1) is 0 Å². The quantitative estimate of drug-likeness (QED) is 0.600. The van der Waals surface area contributed by atoms with Gasteiger partial charge in [-0.2, -0.15) is 0 Å². The average Bonchev–Trinajstić information content (AvgIpc) is 2.61. The van der Waals surface area contributed by atoms with Crippen LogP contribution in [0.4, 0.5) is 5.69 Å². The summed E-state index contributed by atoms with van der Waals surface area (Å²) in [5, 5.41) is 0. The standard InChI is InChI=1S/C11H12N2/c1-2-5-10-9(4-1)8-13-7-3-6-11(13)12-10/h1-2,4-5H,3,6-8H2/p+1. The second-order valence-electron chi connectivity index (χ2n) is 3.82. The zero-order chi connectivity index (χ0) is 8.67. The summed E-state index contributed by atoms with van der Waals surface area (Å²) in [4.78, 5) is 6.27. The van der Waals surface area contributed by atoms with Gasteiger partial charge in [-0.1, -0.05) is 18.2 Å². The number of para-hydroxylation sites is 1. The second-order valence-corrected chi connectivity index (χ2v) is 3.82. The molecule has 3 rings (SSSR count). The normalized spacial score (nSPS) is 24.9. The number of hydrogen-bond donors (Lipinski definition) is 1. The number of quaternary nitrogens is 1. The summed E-state index contributed by atoms with van der Waals surface area (Å²) >= 11 is 0. The van der Waals surface area contributed by atoms with Crippen LogP contribution in [0, 0.1) is 0 Å². The van der Waals surface area contributed by atoms with Gasteiger partial charge in [0.2, 0.25) is 5.84 Å². The molecule has 1 fully saturated rings. The van der Waals surface area contributed by atoms with E-state index in [0.717, 1.165) is 6.54 Å². The molecule has 1 N–H and O–H groups in total. The fraction of sp³-hybridized carbons (Fsp3) is 0.364. The molecule has 0 radical (unpaired) electrons. The largest absolute Gasteiger partial charge is 0.286 e. The van der Waals surface area contributed by atoms with Crippen molar-refractivity contribution in [1.29, 1.82) is 0 Å². The topological polar surface area (TPSA) is 16.8 Å². The lowest BCUT2D eigenvalue weighted by molar-refractivity contribution is -0.814. The Morgan fingerprint density at radius 2 is 2.15 bits per heavy atom. The summed E-state index contributed by atoms with van der Waals surface area (Å²) in [6.45, 7) is 2.42. The third kappa shape index (κ3) is 1.10. The van der Waals surface area contributed by atoms with E-state index in [2.05, 4.69) is 29.3 Å². The fourth-order valence-electron chi connectivity index (χ4n) is 2.26. The number of aliphatic imine (C=N–C) groups is 1. The molecule has 66 valence electrons. The molecule has 2 aliphatic heterocycles. The first-order valence-electron chi connectivity index (χ1n) is 4.94. The third-order valence-electron chi connectivity index (χ3n) is 2.95. The van der Waals surface area contributed by atoms with Gasteiger partial charge < -0.3 is 0 Å². The van der Waals surface area contributed by atoms with E-state index < -0.39 is 0 Å². The van der Waals surface area contributed by atoms with Crippen LogP contribution in [0.2, 0.25) is 0 Å². The molecule has 0 amide bonds. The van der Waals surface area contributed by atoms with Crippen molar-refractivity contribution in [1.82, 2.24) is 0 Å². The molecule has 1 aromatic carbocycles. The van der Waals surface area contributed by atoms with Crippen molar-refractivity contribution in [3.05, 3.63) is 29.8 Å². The van der Waals surface area contributed by atoms with Gasteiger partial charge in [-0.05, 0) is 6.07 Å². The number of nitrogens with zero attached hydrogens (tertiary/aromatic N) is 1. The Morgan fingerprint density at radius 3 is 3.15 bits per heavy atom. The molecule has 2 heterocycles. The van der Waals surface area contributed by atoms with Crippen molar-refractivity contribution >= 4 is 11.5 Å². The minimum absolute atomic E-state index is 1.15. The molecule has 13 heavy (non-hydrogen) atoms. The maximum atomic E-state index is 4.69. The molecule has 0 aromatic heterocycles. The Balaban J connectivity index is 2.10. The van der Waals surface area contributed by atoms with Crippen molar-refractivity contribution in [2.45, 2.75) is 19.4 Å². The first-order valence-corrected chi connectivity index (χ1v) is 4.94. The van der Waals surface area contributed by atoms with E-state index in [1.807, 2.05) is 0 Å². The van der Waals surface area contributed by atoms with Gasteiger partial charge in [0.1, 0.15) is 6.54 Å². The highest BCUT2D eigenvalue weighted by Crippen LogP contribution is 2.21. The van der Waals surface area contributed by atoms with Crippen LogP contribution >= 0.6 is 0 Å². The molecule has 1 atom stereocenters. The number of benzene rings is 1. The van der Waals surface area contributed by atoms with Crippen LogP contribution in [0.25, 0.3) is 0 Å². The SMILES string of the molecule is c1ccc2c(c1)C[NH+]1CCCC1=N2. The third-order valence-corrected chi connectivity index (χ3v) is 2.95. The van der Waals surface area contributed by atoms with Crippen molar-refractivity contribution in [2.75, 3.05) is 6.54 Å². The predicted molar refractivity (Wildman–Crippen MR) is 52.3 cm³/mol. The van der Waals surface area contributed by atoms with Crippen molar-refractivity contribution < 1.29 is 4.90 Å². The van der Waals surface area contributed by atoms with E-state index in [1.165, 1.54) is 36.5 Å². The molecule has 0 aliphatic carbocycles. The molecule has 2 nitrogen and oxygen atoms in total. The molecule has 2 aliphatic rings. The van der Waals surface area contributed by atoms with Crippen LogP contribution in [0.15, 0.2) is 29.3 Å². The van der Waals surface area contributed by atoms with Crippen LogP contribution in [0.3, 0.4) is 0 Å². The Hall–Kier alpha value is -1.15. The summed E-state index contributed by atoms with van der Waals surface area (Å²) in [6, 6.07) is 8.50. The molecular weight excluding hydrogens is 160 g/mol. The van der Waals surface area contributed by atoms with Crippen LogP contribution in [0.5, 0.6) is 0 Å². The zero-order valence-electron chi connectivity index (χ0n) is 7.59. The molecule has 0 saturated carbocycles. The predicted octanol–water partition coefficient (Wildman–Crippen LogP) is 0.909. The van der Waals surface area contributed by atoms with E-state index in [0.29, 0.717) is 0 Å². The second kappa shape index (κ2) is 2.67. The lowest BCUT2D eigenvalue weighted by atomic mass is 10.1. The number of fused-ring (bicyclic) bond motifs is 2. The summed E-state index contributed by atoms with van der Waals surface area (Å²) in [5.74, 6) is 1.37. The summed E-state index contributed by atoms with van der Waals surface area (Å²) in [6.07, 6.45) is 2.51. The minimum Gasteiger partial charge on any atom is -0.286 e. The smallest absolute Gasteiger partial charge is 0.202 e. The lowest BCUT2D eigenvalue weighted by Gasteiger charge is -2.18. The maximum Gasteiger partial charge on any atom is 0.202 e. The minimum atomic E-state index is 1.15. The number of amidine groups is 1. The Kier molecular flexibility index (Phi) is 1.49. The van der Waals surface area contributed by atoms with Crippen LogP contribution in [0.1, 0.15) is 18.4 Å². The molecule has 0 bridgehead atoms. The van der Waals surface area contributed by atoms with E-state index in [1.54, 1.807) is 4.90 Å². The number of hydrogen-bond acceptors (Lipinski definition) is 1. The summed E-state index contributed by atoms with van der Waals surface area (Å²) in [7, 11) is 0. The molecule has 1 saturated heterocycles. The number of rotatable bonds is 0. The first kappa shape index (κ1) is 7.27. The van der Waals surface area contributed by atoms with Gasteiger partial charge in [0.15, 0.2) is 0 Å². The van der Waals surface area contributed by atoms with Gasteiger partial charge in [-0.25, -0.2) is 4.99 Å². The maximum absolute atomic E-state index is 4.69. The van der Waals surface area contributed by atoms with Crippen molar-refractivity contribution in [2.24, 2.45) is 4.99 Å². The van der Waals surface area contributed by atoms with Gasteiger partial charge in [0, 0.05) is 18.4 Å². The van der Waals surface area contributed by atoms with Crippen LogP contribution in [-0.2, 0) is 6.54 Å². The van der Waals surface area contributed by atoms with E-state index in [4.69, 9.17) is 0 Å². The van der Waals surface area contributed by atoms with Crippen molar-refractivity contribution in [3.8, 4) is 0 Å². The lowest BCUT2D eigenvalue weighted by Crippen LogP contribution is -3.11. The highest BCUT2D eigenvalue weighted by molar-refractivity contribution is 5.80. The van der Waals surface area contributed by atoms with Gasteiger partial charge in [-0.3, -0.25) is 4.90 Å². The fourth-order valence-corrected chi connectivity index (χ4v) is 2.26. The average molecular weight is 173 g/mol. The van der Waals surface area contributed by atoms with E-state index >= 15 is 0 Å². The molecule has 0 spiro atoms. The molecular formula is C11H13N2+. The number of nitrogens with one attached hydrogen (secondary N) is 1. The summed E-state index contributed by atoms with van der Waals surface area (Å²) < 4.78 is 0. The van der Waals surface area contributed by atoms with Gasteiger partial charge in [0.25, 0.3) is 0 Å². The molecule has 2 heteroatoms. The Labute approximate surface area is 77.9 Å².